The minimum absolute atomic E-state index is 0.241. The Morgan fingerprint density at radius 2 is 2.43 bits per heavy atom. The van der Waals surface area contributed by atoms with Crippen molar-refractivity contribution in [3.8, 4) is 0 Å². The lowest BCUT2D eigenvalue weighted by atomic mass is 10.3. The molecule has 1 amide bonds. The van der Waals surface area contributed by atoms with E-state index in [1.807, 2.05) is 6.92 Å². The average Bonchev–Trinajstić information content (AvgIpc) is 2.53. The Bertz CT molecular complexity index is 312. The van der Waals surface area contributed by atoms with Crippen LogP contribution in [-0.4, -0.2) is 27.9 Å². The van der Waals surface area contributed by atoms with E-state index in [0.717, 1.165) is 10.1 Å². The van der Waals surface area contributed by atoms with Gasteiger partial charge < -0.3 is 5.73 Å². The van der Waals surface area contributed by atoms with Gasteiger partial charge in [-0.15, -0.1) is 10.2 Å². The summed E-state index contributed by atoms with van der Waals surface area (Å²) in [6, 6.07) is -0.527. The van der Waals surface area contributed by atoms with Gasteiger partial charge in [0.05, 0.1) is 6.04 Å². The summed E-state index contributed by atoms with van der Waals surface area (Å²) in [6.45, 7) is 3.66. The molecular formula is C7H12N4OS2. The lowest BCUT2D eigenvalue weighted by Crippen LogP contribution is -2.32. The summed E-state index contributed by atoms with van der Waals surface area (Å²) in [5.41, 5.74) is 5.39. The third-order valence-corrected chi connectivity index (χ3v) is 3.17. The number of anilines is 1. The van der Waals surface area contributed by atoms with Crippen LogP contribution in [0.15, 0.2) is 4.34 Å². The summed E-state index contributed by atoms with van der Waals surface area (Å²) in [6.07, 6.45) is 0. The van der Waals surface area contributed by atoms with Crippen molar-refractivity contribution >= 4 is 34.1 Å². The number of rotatable bonds is 4. The van der Waals surface area contributed by atoms with Crippen molar-refractivity contribution in [3.05, 3.63) is 0 Å². The summed E-state index contributed by atoms with van der Waals surface area (Å²) >= 11 is 2.95. The topological polar surface area (TPSA) is 80.9 Å². The zero-order chi connectivity index (χ0) is 10.6. The second kappa shape index (κ2) is 5.28. The zero-order valence-electron chi connectivity index (χ0n) is 7.98. The Kier molecular flexibility index (Phi) is 4.30. The third kappa shape index (κ3) is 3.24. The molecule has 1 rings (SSSR count). The summed E-state index contributed by atoms with van der Waals surface area (Å²) in [7, 11) is 0. The van der Waals surface area contributed by atoms with Gasteiger partial charge in [0.25, 0.3) is 0 Å². The van der Waals surface area contributed by atoms with Gasteiger partial charge in [0.15, 0.2) is 4.34 Å². The van der Waals surface area contributed by atoms with Crippen LogP contribution in [0.3, 0.4) is 0 Å². The van der Waals surface area contributed by atoms with Gasteiger partial charge in [0, 0.05) is 0 Å². The molecule has 0 bridgehead atoms. The van der Waals surface area contributed by atoms with Gasteiger partial charge in [0.1, 0.15) is 0 Å². The first-order valence-electron chi connectivity index (χ1n) is 4.16. The van der Waals surface area contributed by atoms with Gasteiger partial charge in [-0.1, -0.05) is 30.0 Å². The molecule has 5 nitrogen and oxygen atoms in total. The lowest BCUT2D eigenvalue weighted by Gasteiger charge is -2.02. The molecule has 1 atom stereocenters. The minimum atomic E-state index is -0.527. The molecule has 0 radical (unpaired) electrons. The van der Waals surface area contributed by atoms with Gasteiger partial charge in [-0.2, -0.15) is 0 Å². The van der Waals surface area contributed by atoms with Crippen LogP contribution < -0.4 is 11.1 Å². The number of carbonyl (C=O) groups excluding carboxylic acids is 1. The largest absolute Gasteiger partial charge is 0.320 e. The number of aromatic nitrogens is 2. The highest BCUT2D eigenvalue weighted by Gasteiger charge is 2.10. The van der Waals surface area contributed by atoms with E-state index in [4.69, 9.17) is 5.73 Å². The molecule has 0 saturated heterocycles. The van der Waals surface area contributed by atoms with E-state index >= 15 is 0 Å². The number of hydrogen-bond acceptors (Lipinski definition) is 6. The van der Waals surface area contributed by atoms with E-state index in [2.05, 4.69) is 15.5 Å². The molecule has 0 fully saturated rings. The van der Waals surface area contributed by atoms with Crippen LogP contribution in [0.1, 0.15) is 13.8 Å². The summed E-state index contributed by atoms with van der Waals surface area (Å²) in [5.74, 6) is 0.699. The van der Waals surface area contributed by atoms with Gasteiger partial charge in [-0.25, -0.2) is 0 Å². The molecule has 0 aromatic carbocycles. The first-order chi connectivity index (χ1) is 6.63. The van der Waals surface area contributed by atoms with Crippen molar-refractivity contribution in [2.24, 2.45) is 5.73 Å². The summed E-state index contributed by atoms with van der Waals surface area (Å²) < 4.78 is 0.854. The highest BCUT2D eigenvalue weighted by atomic mass is 32.2. The van der Waals surface area contributed by atoms with Gasteiger partial charge >= 0.3 is 0 Å². The molecule has 3 N–H and O–H groups in total. The number of nitrogens with two attached hydrogens (primary N) is 1. The van der Waals surface area contributed by atoms with E-state index in [0.29, 0.717) is 5.13 Å². The number of amides is 1. The normalized spacial score (nSPS) is 12.5. The SMILES string of the molecule is CCSc1nnc(NC(=O)[C@@H](C)N)s1. The van der Waals surface area contributed by atoms with E-state index < -0.39 is 6.04 Å². The molecule has 1 heterocycles. The maximum atomic E-state index is 11.2. The molecule has 0 unspecified atom stereocenters. The molecule has 78 valence electrons. The van der Waals surface area contributed by atoms with Gasteiger partial charge in [-0.05, 0) is 12.7 Å². The number of hydrogen-bond donors (Lipinski definition) is 2. The second-order valence-corrected chi connectivity index (χ2v) is 5.07. The molecule has 14 heavy (non-hydrogen) atoms. The molecule has 0 aliphatic carbocycles. The Morgan fingerprint density at radius 1 is 1.71 bits per heavy atom. The monoisotopic (exact) mass is 232 g/mol. The molecule has 1 aromatic heterocycles. The molecule has 1 aromatic rings. The fourth-order valence-corrected chi connectivity index (χ4v) is 2.31. The van der Waals surface area contributed by atoms with E-state index in [9.17, 15) is 4.79 Å². The van der Waals surface area contributed by atoms with E-state index in [1.165, 1.54) is 11.3 Å². The molecule has 0 aliphatic heterocycles. The minimum Gasteiger partial charge on any atom is -0.320 e. The Hall–Kier alpha value is -0.660. The predicted molar refractivity (Wildman–Crippen MR) is 58.6 cm³/mol. The lowest BCUT2D eigenvalue weighted by molar-refractivity contribution is -0.117. The smallest absolute Gasteiger partial charge is 0.242 e. The predicted octanol–water partition coefficient (Wildman–Crippen LogP) is 0.936. The van der Waals surface area contributed by atoms with Crippen molar-refractivity contribution in [2.45, 2.75) is 24.2 Å². The van der Waals surface area contributed by atoms with Crippen molar-refractivity contribution in [1.29, 1.82) is 0 Å². The fourth-order valence-electron chi connectivity index (χ4n) is 0.661. The first-order valence-corrected chi connectivity index (χ1v) is 5.96. The van der Waals surface area contributed by atoms with Crippen LogP contribution in [0.4, 0.5) is 5.13 Å². The fraction of sp³-hybridized carbons (Fsp3) is 0.571. The van der Waals surface area contributed by atoms with Crippen molar-refractivity contribution in [3.63, 3.8) is 0 Å². The molecule has 0 aliphatic rings. The zero-order valence-corrected chi connectivity index (χ0v) is 9.61. The first kappa shape index (κ1) is 11.4. The van der Waals surface area contributed by atoms with Crippen LogP contribution in [0.5, 0.6) is 0 Å². The standard InChI is InChI=1S/C7H12N4OS2/c1-3-13-7-11-10-6(14-7)9-5(12)4(2)8/h4H,3,8H2,1-2H3,(H,9,10,12)/t4-/m1/s1. The molecular weight excluding hydrogens is 220 g/mol. The number of nitrogens with one attached hydrogen (secondary N) is 1. The Balaban J connectivity index is 2.55. The maximum absolute atomic E-state index is 11.2. The van der Waals surface area contributed by atoms with Crippen molar-refractivity contribution < 1.29 is 4.79 Å². The highest BCUT2D eigenvalue weighted by Crippen LogP contribution is 2.24. The van der Waals surface area contributed by atoms with Crippen molar-refractivity contribution in [2.75, 3.05) is 11.1 Å². The molecule has 7 heteroatoms. The quantitative estimate of drug-likeness (QED) is 0.596. The summed E-state index contributed by atoms with van der Waals surface area (Å²) in [5, 5.41) is 10.8. The van der Waals surface area contributed by atoms with Crippen LogP contribution in [0.2, 0.25) is 0 Å². The Labute approximate surface area is 90.5 Å². The van der Waals surface area contributed by atoms with E-state index in [1.54, 1.807) is 18.7 Å². The second-order valence-electron chi connectivity index (χ2n) is 2.58. The van der Waals surface area contributed by atoms with Crippen molar-refractivity contribution in [1.82, 2.24) is 10.2 Å². The maximum Gasteiger partial charge on any atom is 0.242 e. The number of thioether (sulfide) groups is 1. The number of nitrogens with zero attached hydrogens (tertiary/aromatic N) is 2. The van der Waals surface area contributed by atoms with E-state index in [-0.39, 0.29) is 5.91 Å². The van der Waals surface area contributed by atoms with Gasteiger partial charge in [0.2, 0.25) is 11.0 Å². The molecule has 0 saturated carbocycles. The van der Waals surface area contributed by atoms with Crippen LogP contribution in [-0.2, 0) is 4.79 Å². The third-order valence-electron chi connectivity index (χ3n) is 1.32. The van der Waals surface area contributed by atoms with Crippen LogP contribution >= 0.6 is 23.1 Å². The average molecular weight is 232 g/mol. The molecule has 0 spiro atoms. The highest BCUT2D eigenvalue weighted by molar-refractivity contribution is 8.01. The Morgan fingerprint density at radius 3 is 3.00 bits per heavy atom. The van der Waals surface area contributed by atoms with Crippen LogP contribution in [0, 0.1) is 0 Å². The van der Waals surface area contributed by atoms with Crippen LogP contribution in [0.25, 0.3) is 0 Å². The number of carbonyl (C=O) groups is 1. The summed E-state index contributed by atoms with van der Waals surface area (Å²) in [4.78, 5) is 11.2. The van der Waals surface area contributed by atoms with Gasteiger partial charge in [-0.3, -0.25) is 10.1 Å².